The number of hydrogen-bond donors (Lipinski definition) is 1. The number of ether oxygens (including phenoxy) is 1. The summed E-state index contributed by atoms with van der Waals surface area (Å²) in [6.07, 6.45) is 1.67. The summed E-state index contributed by atoms with van der Waals surface area (Å²) in [4.78, 5) is 3.99. The van der Waals surface area contributed by atoms with Gasteiger partial charge in [-0.1, -0.05) is 13.8 Å². The maximum Gasteiger partial charge on any atom is 0.123 e. The smallest absolute Gasteiger partial charge is 0.123 e. The molecule has 14 heavy (non-hydrogen) atoms. The summed E-state index contributed by atoms with van der Waals surface area (Å²) in [5.41, 5.74) is -0.213. The van der Waals surface area contributed by atoms with Crippen LogP contribution in [0, 0.1) is 5.41 Å². The molecule has 0 aliphatic carbocycles. The molecule has 1 N–H and O–H groups in total. The van der Waals surface area contributed by atoms with Crippen molar-refractivity contribution in [2.75, 3.05) is 13.2 Å². The number of aromatic nitrogens is 1. The summed E-state index contributed by atoms with van der Waals surface area (Å²) < 4.78 is 6.26. The van der Waals surface area contributed by atoms with Crippen LogP contribution in [0.15, 0.2) is 22.9 Å². The topological polar surface area (TPSA) is 42.4 Å². The van der Waals surface area contributed by atoms with Gasteiger partial charge >= 0.3 is 0 Å². The van der Waals surface area contributed by atoms with Crippen LogP contribution in [-0.2, 0) is 0 Å². The molecule has 4 heteroatoms. The fourth-order valence-electron chi connectivity index (χ4n) is 0.799. The first kappa shape index (κ1) is 11.5. The molecule has 0 bridgehead atoms. The molecule has 1 aromatic rings. The molecular formula is C10H14BrNO2. The van der Waals surface area contributed by atoms with E-state index in [2.05, 4.69) is 20.9 Å². The molecule has 1 rings (SSSR count). The Bertz CT molecular complexity index is 302. The van der Waals surface area contributed by atoms with Crippen LogP contribution in [-0.4, -0.2) is 23.3 Å². The summed E-state index contributed by atoms with van der Waals surface area (Å²) in [6, 6.07) is 3.59. The van der Waals surface area contributed by atoms with Crippen molar-refractivity contribution in [1.29, 1.82) is 0 Å². The third kappa shape index (κ3) is 3.64. The molecule has 0 radical (unpaired) electrons. The molecule has 0 atom stereocenters. The minimum atomic E-state index is -0.213. The molecule has 0 saturated carbocycles. The van der Waals surface area contributed by atoms with E-state index < -0.39 is 0 Å². The van der Waals surface area contributed by atoms with E-state index in [1.54, 1.807) is 18.3 Å². The lowest BCUT2D eigenvalue weighted by Gasteiger charge is -2.21. The summed E-state index contributed by atoms with van der Waals surface area (Å²) in [6.45, 7) is 4.49. The van der Waals surface area contributed by atoms with Crippen LogP contribution in [0.1, 0.15) is 13.8 Å². The number of pyridine rings is 1. The summed E-state index contributed by atoms with van der Waals surface area (Å²) >= 11 is 3.26. The van der Waals surface area contributed by atoms with Crippen LogP contribution < -0.4 is 4.74 Å². The highest BCUT2D eigenvalue weighted by molar-refractivity contribution is 9.10. The number of rotatable bonds is 4. The third-order valence-corrected chi connectivity index (χ3v) is 2.19. The van der Waals surface area contributed by atoms with Gasteiger partial charge < -0.3 is 9.84 Å². The van der Waals surface area contributed by atoms with Crippen LogP contribution in [0.4, 0.5) is 0 Å². The normalized spacial score (nSPS) is 11.4. The molecule has 0 amide bonds. The Hall–Kier alpha value is -0.610. The van der Waals surface area contributed by atoms with Crippen molar-refractivity contribution in [1.82, 2.24) is 4.98 Å². The Morgan fingerprint density at radius 3 is 2.86 bits per heavy atom. The van der Waals surface area contributed by atoms with E-state index in [4.69, 9.17) is 9.84 Å². The standard InChI is InChI=1S/C10H14BrNO2/c1-10(2,6-13)7-14-8-3-4-12-9(11)5-8/h3-5,13H,6-7H2,1-2H3. The zero-order chi connectivity index (χ0) is 10.6. The number of aliphatic hydroxyl groups is 1. The average Bonchev–Trinajstić information content (AvgIpc) is 2.15. The fraction of sp³-hybridized carbons (Fsp3) is 0.500. The van der Waals surface area contributed by atoms with Gasteiger partial charge in [0.1, 0.15) is 10.4 Å². The summed E-state index contributed by atoms with van der Waals surface area (Å²) in [5.74, 6) is 0.758. The van der Waals surface area contributed by atoms with Crippen LogP contribution in [0.2, 0.25) is 0 Å². The summed E-state index contributed by atoms with van der Waals surface area (Å²) in [7, 11) is 0. The van der Waals surface area contributed by atoms with E-state index in [-0.39, 0.29) is 12.0 Å². The lowest BCUT2D eigenvalue weighted by atomic mass is 9.97. The number of nitrogens with zero attached hydrogens (tertiary/aromatic N) is 1. The van der Waals surface area contributed by atoms with Crippen LogP contribution in [0.25, 0.3) is 0 Å². The molecule has 78 valence electrons. The first-order valence-electron chi connectivity index (χ1n) is 4.39. The Kier molecular flexibility index (Phi) is 3.89. The van der Waals surface area contributed by atoms with Crippen molar-refractivity contribution < 1.29 is 9.84 Å². The molecule has 0 aliphatic heterocycles. The van der Waals surface area contributed by atoms with E-state index in [9.17, 15) is 0 Å². The highest BCUT2D eigenvalue weighted by Crippen LogP contribution is 2.19. The van der Waals surface area contributed by atoms with Crippen molar-refractivity contribution in [3.63, 3.8) is 0 Å². The van der Waals surface area contributed by atoms with Crippen LogP contribution >= 0.6 is 15.9 Å². The average molecular weight is 260 g/mol. The van der Waals surface area contributed by atoms with Crippen LogP contribution in [0.5, 0.6) is 5.75 Å². The molecule has 1 aromatic heterocycles. The number of aliphatic hydroxyl groups excluding tert-OH is 1. The van der Waals surface area contributed by atoms with Crippen LogP contribution in [0.3, 0.4) is 0 Å². The van der Waals surface area contributed by atoms with E-state index in [0.29, 0.717) is 6.61 Å². The fourth-order valence-corrected chi connectivity index (χ4v) is 1.14. The van der Waals surface area contributed by atoms with E-state index in [1.165, 1.54) is 0 Å². The molecule has 0 fully saturated rings. The monoisotopic (exact) mass is 259 g/mol. The Morgan fingerprint density at radius 1 is 1.57 bits per heavy atom. The second kappa shape index (κ2) is 4.75. The largest absolute Gasteiger partial charge is 0.493 e. The first-order valence-corrected chi connectivity index (χ1v) is 5.18. The zero-order valence-corrected chi connectivity index (χ0v) is 9.91. The van der Waals surface area contributed by atoms with Gasteiger partial charge in [-0.05, 0) is 22.0 Å². The van der Waals surface area contributed by atoms with E-state index in [0.717, 1.165) is 10.4 Å². The molecule has 0 unspecified atom stereocenters. The van der Waals surface area contributed by atoms with Crippen molar-refractivity contribution >= 4 is 15.9 Å². The van der Waals surface area contributed by atoms with Gasteiger partial charge in [0.05, 0.1) is 13.2 Å². The lowest BCUT2D eigenvalue weighted by Crippen LogP contribution is -2.25. The van der Waals surface area contributed by atoms with Gasteiger partial charge in [-0.2, -0.15) is 0 Å². The zero-order valence-electron chi connectivity index (χ0n) is 8.33. The molecule has 0 saturated heterocycles. The van der Waals surface area contributed by atoms with Crippen molar-refractivity contribution in [3.8, 4) is 5.75 Å². The Balaban J connectivity index is 2.54. The number of hydrogen-bond acceptors (Lipinski definition) is 3. The lowest BCUT2D eigenvalue weighted by molar-refractivity contribution is 0.0975. The van der Waals surface area contributed by atoms with Gasteiger partial charge in [-0.3, -0.25) is 0 Å². The number of halogens is 1. The van der Waals surface area contributed by atoms with Gasteiger partial charge in [0, 0.05) is 17.7 Å². The molecule has 1 heterocycles. The van der Waals surface area contributed by atoms with Gasteiger partial charge in [-0.25, -0.2) is 4.98 Å². The Labute approximate surface area is 92.3 Å². The Morgan fingerprint density at radius 2 is 2.29 bits per heavy atom. The molecule has 0 aromatic carbocycles. The van der Waals surface area contributed by atoms with Gasteiger partial charge in [0.15, 0.2) is 0 Å². The maximum absolute atomic E-state index is 9.03. The van der Waals surface area contributed by atoms with Gasteiger partial charge in [-0.15, -0.1) is 0 Å². The van der Waals surface area contributed by atoms with E-state index in [1.807, 2.05) is 13.8 Å². The SMILES string of the molecule is CC(C)(CO)COc1ccnc(Br)c1. The highest BCUT2D eigenvalue weighted by Gasteiger charge is 2.17. The molecular weight excluding hydrogens is 246 g/mol. The first-order chi connectivity index (χ1) is 6.53. The minimum absolute atomic E-state index is 0.110. The van der Waals surface area contributed by atoms with Crippen molar-refractivity contribution in [3.05, 3.63) is 22.9 Å². The predicted molar refractivity (Wildman–Crippen MR) is 58.3 cm³/mol. The molecule has 0 spiro atoms. The van der Waals surface area contributed by atoms with Gasteiger partial charge in [0.2, 0.25) is 0 Å². The minimum Gasteiger partial charge on any atom is -0.493 e. The predicted octanol–water partition coefficient (Wildman–Crippen LogP) is 2.24. The van der Waals surface area contributed by atoms with Crippen molar-refractivity contribution in [2.45, 2.75) is 13.8 Å². The van der Waals surface area contributed by atoms with Gasteiger partial charge in [0.25, 0.3) is 0 Å². The molecule has 3 nitrogen and oxygen atoms in total. The van der Waals surface area contributed by atoms with Crippen molar-refractivity contribution in [2.24, 2.45) is 5.41 Å². The third-order valence-electron chi connectivity index (χ3n) is 1.76. The molecule has 0 aliphatic rings. The second-order valence-electron chi connectivity index (χ2n) is 3.93. The quantitative estimate of drug-likeness (QED) is 0.844. The van der Waals surface area contributed by atoms with E-state index >= 15 is 0 Å². The second-order valence-corrected chi connectivity index (χ2v) is 4.74. The summed E-state index contributed by atoms with van der Waals surface area (Å²) in [5, 5.41) is 9.03. The maximum atomic E-state index is 9.03. The highest BCUT2D eigenvalue weighted by atomic mass is 79.9.